The van der Waals surface area contributed by atoms with Gasteiger partial charge >= 0.3 is 0 Å². The van der Waals surface area contributed by atoms with Crippen LogP contribution in [0.3, 0.4) is 0 Å². The van der Waals surface area contributed by atoms with Crippen molar-refractivity contribution in [3.8, 4) is 0 Å². The minimum atomic E-state index is 0.395. The second-order valence-electron chi connectivity index (χ2n) is 5.97. The van der Waals surface area contributed by atoms with Crippen molar-refractivity contribution in [1.29, 1.82) is 0 Å². The van der Waals surface area contributed by atoms with Crippen LogP contribution in [-0.4, -0.2) is 22.6 Å². The molecule has 0 atom stereocenters. The highest BCUT2D eigenvalue weighted by atomic mass is 15.3. The van der Waals surface area contributed by atoms with Crippen molar-refractivity contribution in [2.24, 2.45) is 11.8 Å². The number of anilines is 2. The first kappa shape index (κ1) is 16.7. The Morgan fingerprint density at radius 1 is 1.20 bits per heavy atom. The van der Waals surface area contributed by atoms with Crippen molar-refractivity contribution in [3.05, 3.63) is 11.4 Å². The molecule has 1 heterocycles. The molecule has 114 valence electrons. The summed E-state index contributed by atoms with van der Waals surface area (Å²) in [6.07, 6.45) is 1.90. The van der Waals surface area contributed by atoms with Gasteiger partial charge in [-0.05, 0) is 33.1 Å². The quantitative estimate of drug-likeness (QED) is 0.593. The third-order valence-electron chi connectivity index (χ3n) is 3.23. The van der Waals surface area contributed by atoms with E-state index in [0.717, 1.165) is 42.4 Å². The van der Waals surface area contributed by atoms with Gasteiger partial charge in [0.15, 0.2) is 0 Å². The van der Waals surface area contributed by atoms with Crippen LogP contribution in [0, 0.1) is 12.8 Å². The van der Waals surface area contributed by atoms with Crippen LogP contribution in [0.2, 0.25) is 0 Å². The minimum Gasteiger partial charge on any atom is -0.354 e. The molecule has 0 fully saturated rings. The molecule has 20 heavy (non-hydrogen) atoms. The van der Waals surface area contributed by atoms with Gasteiger partial charge in [-0.25, -0.2) is 15.8 Å². The number of nitrogen functional groups attached to an aromatic ring is 1. The van der Waals surface area contributed by atoms with Crippen molar-refractivity contribution >= 4 is 11.6 Å². The second kappa shape index (κ2) is 7.43. The van der Waals surface area contributed by atoms with Crippen LogP contribution in [0.25, 0.3) is 0 Å². The molecule has 1 aromatic rings. The number of aromatic nitrogens is 2. The maximum atomic E-state index is 5.60. The molecule has 1 aromatic heterocycles. The van der Waals surface area contributed by atoms with E-state index in [0.29, 0.717) is 12.0 Å². The number of aryl methyl sites for hydroxylation is 1. The highest BCUT2D eigenvalue weighted by molar-refractivity contribution is 5.58. The summed E-state index contributed by atoms with van der Waals surface area (Å²) in [6.45, 7) is 14.0. The molecule has 5 heteroatoms. The zero-order valence-corrected chi connectivity index (χ0v) is 13.7. The molecule has 0 aliphatic rings. The molecular formula is C15H29N5. The number of nitrogens with two attached hydrogens (primary N) is 1. The highest BCUT2D eigenvalue weighted by Gasteiger charge is 2.19. The van der Waals surface area contributed by atoms with E-state index in [2.05, 4.69) is 49.9 Å². The zero-order chi connectivity index (χ0) is 15.3. The van der Waals surface area contributed by atoms with Crippen molar-refractivity contribution in [2.45, 2.75) is 60.4 Å². The van der Waals surface area contributed by atoms with Crippen molar-refractivity contribution < 1.29 is 0 Å². The average molecular weight is 279 g/mol. The summed E-state index contributed by atoms with van der Waals surface area (Å²) in [5.41, 5.74) is 3.72. The van der Waals surface area contributed by atoms with E-state index in [4.69, 9.17) is 10.8 Å². The van der Waals surface area contributed by atoms with Gasteiger partial charge in [0.2, 0.25) is 0 Å². The number of hydrazine groups is 1. The van der Waals surface area contributed by atoms with E-state index in [1.54, 1.807) is 0 Å². The number of nitrogens with zero attached hydrogens (tertiary/aromatic N) is 3. The molecule has 0 saturated carbocycles. The SMILES string of the molecule is CCCc1nc(NN)c(C)c(N(CC(C)C)C(C)C)n1. The fourth-order valence-corrected chi connectivity index (χ4v) is 2.24. The molecule has 0 aromatic carbocycles. The summed E-state index contributed by atoms with van der Waals surface area (Å²) in [6, 6.07) is 0.395. The molecule has 0 spiro atoms. The monoisotopic (exact) mass is 279 g/mol. The lowest BCUT2D eigenvalue weighted by Gasteiger charge is -2.31. The van der Waals surface area contributed by atoms with Crippen LogP contribution in [0.4, 0.5) is 11.6 Å². The number of hydrogen-bond acceptors (Lipinski definition) is 5. The Hall–Kier alpha value is -1.36. The van der Waals surface area contributed by atoms with Gasteiger partial charge in [0, 0.05) is 24.6 Å². The van der Waals surface area contributed by atoms with E-state index in [1.165, 1.54) is 0 Å². The average Bonchev–Trinajstić information content (AvgIpc) is 2.38. The first-order chi connectivity index (χ1) is 9.40. The number of rotatable bonds is 7. The van der Waals surface area contributed by atoms with Crippen LogP contribution in [0.5, 0.6) is 0 Å². The summed E-state index contributed by atoms with van der Waals surface area (Å²) < 4.78 is 0. The maximum Gasteiger partial charge on any atom is 0.148 e. The molecule has 5 nitrogen and oxygen atoms in total. The summed E-state index contributed by atoms with van der Waals surface area (Å²) in [4.78, 5) is 11.6. The summed E-state index contributed by atoms with van der Waals surface area (Å²) in [7, 11) is 0. The third-order valence-corrected chi connectivity index (χ3v) is 3.23. The molecule has 0 aliphatic carbocycles. The minimum absolute atomic E-state index is 0.395. The van der Waals surface area contributed by atoms with Crippen LogP contribution >= 0.6 is 0 Å². The smallest absolute Gasteiger partial charge is 0.148 e. The summed E-state index contributed by atoms with van der Waals surface area (Å²) >= 11 is 0. The largest absolute Gasteiger partial charge is 0.354 e. The van der Waals surface area contributed by atoms with E-state index >= 15 is 0 Å². The van der Waals surface area contributed by atoms with Gasteiger partial charge in [0.25, 0.3) is 0 Å². The fraction of sp³-hybridized carbons (Fsp3) is 0.733. The predicted molar refractivity (Wildman–Crippen MR) is 85.9 cm³/mol. The standard InChI is InChI=1S/C15H29N5/c1-7-8-13-17-14(19-16)12(6)15(18-13)20(11(4)5)9-10(2)3/h10-11H,7-9,16H2,1-6H3,(H,17,18,19). The van der Waals surface area contributed by atoms with E-state index in [1.807, 2.05) is 6.92 Å². The summed E-state index contributed by atoms with van der Waals surface area (Å²) in [5, 5.41) is 0. The lowest BCUT2D eigenvalue weighted by atomic mass is 10.1. The second-order valence-corrected chi connectivity index (χ2v) is 5.97. The van der Waals surface area contributed by atoms with Crippen LogP contribution in [0.1, 0.15) is 52.4 Å². The van der Waals surface area contributed by atoms with Gasteiger partial charge in [0.05, 0.1) is 0 Å². The Morgan fingerprint density at radius 2 is 1.85 bits per heavy atom. The van der Waals surface area contributed by atoms with Gasteiger partial charge in [-0.15, -0.1) is 0 Å². The lowest BCUT2D eigenvalue weighted by molar-refractivity contribution is 0.563. The molecular weight excluding hydrogens is 250 g/mol. The molecule has 1 rings (SSSR count). The first-order valence-electron chi connectivity index (χ1n) is 7.51. The number of hydrogen-bond donors (Lipinski definition) is 2. The van der Waals surface area contributed by atoms with E-state index in [-0.39, 0.29) is 0 Å². The van der Waals surface area contributed by atoms with Gasteiger partial charge in [0.1, 0.15) is 17.5 Å². The van der Waals surface area contributed by atoms with E-state index < -0.39 is 0 Å². The van der Waals surface area contributed by atoms with Gasteiger partial charge < -0.3 is 10.3 Å². The van der Waals surface area contributed by atoms with Crippen molar-refractivity contribution in [1.82, 2.24) is 9.97 Å². The lowest BCUT2D eigenvalue weighted by Crippen LogP contribution is -2.36. The first-order valence-corrected chi connectivity index (χ1v) is 7.51. The molecule has 0 amide bonds. The maximum absolute atomic E-state index is 5.60. The number of nitrogens with one attached hydrogen (secondary N) is 1. The Morgan fingerprint density at radius 3 is 2.30 bits per heavy atom. The zero-order valence-electron chi connectivity index (χ0n) is 13.7. The van der Waals surface area contributed by atoms with Crippen molar-refractivity contribution in [3.63, 3.8) is 0 Å². The Bertz CT molecular complexity index is 429. The third kappa shape index (κ3) is 4.07. The fourth-order valence-electron chi connectivity index (χ4n) is 2.24. The topological polar surface area (TPSA) is 67.1 Å². The Balaban J connectivity index is 3.27. The predicted octanol–water partition coefficient (Wildman–Crippen LogP) is 2.89. The van der Waals surface area contributed by atoms with Crippen LogP contribution in [0.15, 0.2) is 0 Å². The van der Waals surface area contributed by atoms with Crippen molar-refractivity contribution in [2.75, 3.05) is 16.9 Å². The molecule has 0 aliphatic heterocycles. The molecule has 0 saturated heterocycles. The van der Waals surface area contributed by atoms with Crippen LogP contribution in [-0.2, 0) is 6.42 Å². The Kier molecular flexibility index (Phi) is 6.20. The van der Waals surface area contributed by atoms with Gasteiger partial charge in [-0.3, -0.25) is 0 Å². The molecule has 0 unspecified atom stereocenters. The van der Waals surface area contributed by atoms with Gasteiger partial charge in [-0.2, -0.15) is 0 Å². The molecule has 0 bridgehead atoms. The molecule has 3 N–H and O–H groups in total. The van der Waals surface area contributed by atoms with E-state index in [9.17, 15) is 0 Å². The highest BCUT2D eigenvalue weighted by Crippen LogP contribution is 2.26. The van der Waals surface area contributed by atoms with Crippen LogP contribution < -0.4 is 16.2 Å². The summed E-state index contributed by atoms with van der Waals surface area (Å²) in [5.74, 6) is 8.77. The Labute approximate surface area is 123 Å². The van der Waals surface area contributed by atoms with Gasteiger partial charge in [-0.1, -0.05) is 20.8 Å². The molecule has 0 radical (unpaired) electrons. The normalized spacial score (nSPS) is 11.2.